The molecule has 74 valence electrons. The molecule has 1 amide bonds. The van der Waals surface area contributed by atoms with Gasteiger partial charge in [0.25, 0.3) is 0 Å². The highest BCUT2D eigenvalue weighted by atomic mass is 127. The molecule has 1 saturated heterocycles. The molecule has 3 nitrogen and oxygen atoms in total. The fraction of sp³-hybridized carbons (Fsp3) is 0.222. The zero-order valence-electron chi connectivity index (χ0n) is 7.17. The molecule has 1 fully saturated rings. The van der Waals surface area contributed by atoms with Crippen molar-refractivity contribution < 1.29 is 9.53 Å². The summed E-state index contributed by atoms with van der Waals surface area (Å²) in [6, 6.07) is 5.42. The first-order valence-electron chi connectivity index (χ1n) is 4.08. The monoisotopic (exact) mass is 323 g/mol. The third kappa shape index (κ3) is 1.81. The first-order valence-corrected chi connectivity index (χ1v) is 5.53. The molecule has 1 aromatic rings. The van der Waals surface area contributed by atoms with Crippen LogP contribution in [0.2, 0.25) is 5.02 Å². The predicted molar refractivity (Wildman–Crippen MR) is 62.9 cm³/mol. The molecule has 1 aliphatic heterocycles. The number of carbonyl (C=O) groups is 1. The van der Waals surface area contributed by atoms with Crippen molar-refractivity contribution in [1.82, 2.24) is 0 Å². The Bertz CT molecular complexity index is 383. The van der Waals surface area contributed by atoms with Gasteiger partial charge in [0.2, 0.25) is 0 Å². The van der Waals surface area contributed by atoms with Crippen LogP contribution in [0.5, 0.6) is 0 Å². The van der Waals surface area contributed by atoms with Crippen LogP contribution in [0.25, 0.3) is 0 Å². The third-order valence-corrected chi connectivity index (χ3v) is 3.06. The van der Waals surface area contributed by atoms with Gasteiger partial charge in [-0.3, -0.25) is 4.90 Å². The van der Waals surface area contributed by atoms with Gasteiger partial charge in [0.15, 0.2) is 0 Å². The zero-order valence-corrected chi connectivity index (χ0v) is 10.1. The Balaban J connectivity index is 2.36. The highest BCUT2D eigenvalue weighted by molar-refractivity contribution is 14.1. The molecule has 0 radical (unpaired) electrons. The van der Waals surface area contributed by atoms with Crippen molar-refractivity contribution in [2.45, 2.75) is 0 Å². The quantitative estimate of drug-likeness (QED) is 0.744. The van der Waals surface area contributed by atoms with Gasteiger partial charge in [0.05, 0.1) is 12.2 Å². The van der Waals surface area contributed by atoms with Gasteiger partial charge in [0, 0.05) is 8.59 Å². The molecule has 0 spiro atoms. The molecular formula is C9H7ClINO2. The molecule has 1 heterocycles. The average molecular weight is 324 g/mol. The molecular weight excluding hydrogens is 316 g/mol. The van der Waals surface area contributed by atoms with Crippen LogP contribution in [0.15, 0.2) is 18.2 Å². The third-order valence-electron chi connectivity index (χ3n) is 1.96. The van der Waals surface area contributed by atoms with Gasteiger partial charge in [-0.1, -0.05) is 11.6 Å². The lowest BCUT2D eigenvalue weighted by Crippen LogP contribution is -2.24. The van der Waals surface area contributed by atoms with Crippen LogP contribution in [0, 0.1) is 3.57 Å². The highest BCUT2D eigenvalue weighted by Crippen LogP contribution is 2.27. The second kappa shape index (κ2) is 3.94. The van der Waals surface area contributed by atoms with E-state index in [9.17, 15) is 4.79 Å². The summed E-state index contributed by atoms with van der Waals surface area (Å²) >= 11 is 7.97. The Hall–Kier alpha value is -0.490. The van der Waals surface area contributed by atoms with Crippen molar-refractivity contribution in [1.29, 1.82) is 0 Å². The minimum atomic E-state index is -0.287. The van der Waals surface area contributed by atoms with Crippen molar-refractivity contribution in [3.63, 3.8) is 0 Å². The van der Waals surface area contributed by atoms with Crippen molar-refractivity contribution in [2.75, 3.05) is 18.1 Å². The molecule has 0 atom stereocenters. The number of carbonyl (C=O) groups excluding carboxylic acids is 1. The van der Waals surface area contributed by atoms with E-state index in [4.69, 9.17) is 16.3 Å². The lowest BCUT2D eigenvalue weighted by Gasteiger charge is -2.14. The van der Waals surface area contributed by atoms with Crippen molar-refractivity contribution >= 4 is 46.0 Å². The first kappa shape index (κ1) is 10.0. The van der Waals surface area contributed by atoms with Crippen LogP contribution in [0.3, 0.4) is 0 Å². The Morgan fingerprint density at radius 1 is 1.50 bits per heavy atom. The fourth-order valence-electron chi connectivity index (χ4n) is 1.31. The van der Waals surface area contributed by atoms with Crippen LogP contribution in [-0.4, -0.2) is 19.2 Å². The van der Waals surface area contributed by atoms with Crippen molar-refractivity contribution in [3.8, 4) is 0 Å². The van der Waals surface area contributed by atoms with Crippen LogP contribution in [0.4, 0.5) is 10.5 Å². The molecule has 2 rings (SSSR count). The number of rotatable bonds is 1. The first-order chi connectivity index (χ1) is 6.68. The number of anilines is 1. The summed E-state index contributed by atoms with van der Waals surface area (Å²) in [5, 5.41) is 0.672. The maximum absolute atomic E-state index is 11.3. The van der Waals surface area contributed by atoms with Crippen molar-refractivity contribution in [2.24, 2.45) is 0 Å². The van der Waals surface area contributed by atoms with E-state index in [1.54, 1.807) is 11.0 Å². The second-order valence-corrected chi connectivity index (χ2v) is 4.46. The predicted octanol–water partition coefficient (Wildman–Crippen LogP) is 2.90. The molecule has 0 aromatic heterocycles. The molecule has 1 aromatic carbocycles. The normalized spacial score (nSPS) is 15.9. The lowest BCUT2D eigenvalue weighted by molar-refractivity contribution is 0.181. The Morgan fingerprint density at radius 2 is 2.29 bits per heavy atom. The number of hydrogen-bond donors (Lipinski definition) is 0. The molecule has 0 bridgehead atoms. The molecule has 5 heteroatoms. The number of benzene rings is 1. The summed E-state index contributed by atoms with van der Waals surface area (Å²) < 4.78 is 5.81. The van der Waals surface area contributed by atoms with E-state index in [-0.39, 0.29) is 6.09 Å². The maximum atomic E-state index is 11.3. The maximum Gasteiger partial charge on any atom is 0.414 e. The minimum Gasteiger partial charge on any atom is -0.447 e. The SMILES string of the molecule is O=C1OCCN1c1ccc(Cl)cc1I. The number of nitrogens with zero attached hydrogens (tertiary/aromatic N) is 1. The standard InChI is InChI=1S/C9H7ClINO2/c10-6-1-2-8(7(11)5-6)12-3-4-14-9(12)13/h1-2,5H,3-4H2. The van der Waals surface area contributed by atoms with E-state index in [0.29, 0.717) is 18.2 Å². The van der Waals surface area contributed by atoms with Crippen LogP contribution < -0.4 is 4.90 Å². The fourth-order valence-corrected chi connectivity index (χ4v) is 2.48. The molecule has 14 heavy (non-hydrogen) atoms. The summed E-state index contributed by atoms with van der Waals surface area (Å²) in [5.74, 6) is 0. The van der Waals surface area contributed by atoms with Crippen molar-refractivity contribution in [3.05, 3.63) is 26.8 Å². The molecule has 1 aliphatic rings. The lowest BCUT2D eigenvalue weighted by atomic mass is 10.3. The van der Waals surface area contributed by atoms with E-state index in [1.807, 2.05) is 12.1 Å². The largest absolute Gasteiger partial charge is 0.447 e. The van der Waals surface area contributed by atoms with Gasteiger partial charge in [-0.2, -0.15) is 0 Å². The number of ether oxygens (including phenoxy) is 1. The average Bonchev–Trinajstić information content (AvgIpc) is 2.52. The van der Waals surface area contributed by atoms with Gasteiger partial charge in [-0.05, 0) is 40.8 Å². The van der Waals surface area contributed by atoms with Gasteiger partial charge in [-0.15, -0.1) is 0 Å². The van der Waals surface area contributed by atoms with E-state index >= 15 is 0 Å². The van der Waals surface area contributed by atoms with Gasteiger partial charge in [-0.25, -0.2) is 4.79 Å². The number of hydrogen-bond acceptors (Lipinski definition) is 2. The number of cyclic esters (lactones) is 1. The summed E-state index contributed by atoms with van der Waals surface area (Å²) in [4.78, 5) is 12.9. The minimum absolute atomic E-state index is 0.287. The number of halogens is 2. The smallest absolute Gasteiger partial charge is 0.414 e. The van der Waals surface area contributed by atoms with Crippen LogP contribution in [0.1, 0.15) is 0 Å². The number of amides is 1. The summed E-state index contributed by atoms with van der Waals surface area (Å²) in [7, 11) is 0. The van der Waals surface area contributed by atoms with Gasteiger partial charge >= 0.3 is 6.09 Å². The van der Waals surface area contributed by atoms with E-state index < -0.39 is 0 Å². The summed E-state index contributed by atoms with van der Waals surface area (Å²) in [6.07, 6.45) is -0.287. The van der Waals surface area contributed by atoms with Crippen LogP contribution in [-0.2, 0) is 4.74 Å². The van der Waals surface area contributed by atoms with E-state index in [2.05, 4.69) is 22.6 Å². The molecule has 0 aliphatic carbocycles. The highest BCUT2D eigenvalue weighted by Gasteiger charge is 2.24. The molecule has 0 unspecified atom stereocenters. The van der Waals surface area contributed by atoms with E-state index in [0.717, 1.165) is 9.26 Å². The Labute approximate surface area is 100 Å². The van der Waals surface area contributed by atoms with E-state index in [1.165, 1.54) is 0 Å². The summed E-state index contributed by atoms with van der Waals surface area (Å²) in [5.41, 5.74) is 0.859. The summed E-state index contributed by atoms with van der Waals surface area (Å²) in [6.45, 7) is 1.06. The van der Waals surface area contributed by atoms with Crippen LogP contribution >= 0.6 is 34.2 Å². The second-order valence-electron chi connectivity index (χ2n) is 2.86. The van der Waals surface area contributed by atoms with Gasteiger partial charge in [0.1, 0.15) is 6.61 Å². The molecule has 0 N–H and O–H groups in total. The topological polar surface area (TPSA) is 29.5 Å². The van der Waals surface area contributed by atoms with Gasteiger partial charge < -0.3 is 4.74 Å². The Kier molecular flexibility index (Phi) is 2.83. The zero-order chi connectivity index (χ0) is 10.1. The molecule has 0 saturated carbocycles. The Morgan fingerprint density at radius 3 is 2.86 bits per heavy atom.